The van der Waals surface area contributed by atoms with Crippen molar-refractivity contribution in [1.29, 1.82) is 0 Å². The molecule has 0 radical (unpaired) electrons. The Bertz CT molecular complexity index is 694. The second-order valence-electron chi connectivity index (χ2n) is 3.96. The fourth-order valence-electron chi connectivity index (χ4n) is 1.85. The van der Waals surface area contributed by atoms with Gasteiger partial charge in [0.1, 0.15) is 5.56 Å². The summed E-state index contributed by atoms with van der Waals surface area (Å²) in [5.74, 6) is -2.07. The molecule has 0 unspecified atom stereocenters. The van der Waals surface area contributed by atoms with Gasteiger partial charge in [0, 0.05) is 17.2 Å². The summed E-state index contributed by atoms with van der Waals surface area (Å²) in [6.07, 6.45) is 0. The number of carboxylic acids is 1. The van der Waals surface area contributed by atoms with Crippen LogP contribution in [0.5, 0.6) is 0 Å². The molecule has 0 spiro atoms. The highest BCUT2D eigenvalue weighted by molar-refractivity contribution is 6.15. The van der Waals surface area contributed by atoms with E-state index < -0.39 is 27.9 Å². The summed E-state index contributed by atoms with van der Waals surface area (Å²) in [6.45, 7) is 0. The summed E-state index contributed by atoms with van der Waals surface area (Å²) in [5.41, 5.74) is -1.11. The average molecular weight is 271 g/mol. The Balaban J connectivity index is 2.63. The van der Waals surface area contributed by atoms with Crippen molar-refractivity contribution in [2.24, 2.45) is 0 Å². The second-order valence-corrected chi connectivity index (χ2v) is 3.96. The topological polar surface area (TPSA) is 97.5 Å². The average Bonchev–Trinajstić information content (AvgIpc) is 2.46. The van der Waals surface area contributed by atoms with E-state index in [2.05, 4.69) is 0 Å². The molecule has 0 saturated carbocycles. The number of benzene rings is 2. The summed E-state index contributed by atoms with van der Waals surface area (Å²) >= 11 is 0. The van der Waals surface area contributed by atoms with Gasteiger partial charge in [0.15, 0.2) is 5.78 Å². The van der Waals surface area contributed by atoms with Gasteiger partial charge in [-0.15, -0.1) is 0 Å². The number of aromatic carboxylic acids is 1. The minimum absolute atomic E-state index is 0.196. The van der Waals surface area contributed by atoms with Crippen LogP contribution in [0.15, 0.2) is 48.5 Å². The lowest BCUT2D eigenvalue weighted by Crippen LogP contribution is -2.12. The number of nitro benzene ring substituents is 1. The third kappa shape index (κ3) is 2.39. The third-order valence-corrected chi connectivity index (χ3v) is 2.73. The first-order chi connectivity index (χ1) is 9.52. The van der Waals surface area contributed by atoms with Crippen molar-refractivity contribution in [3.8, 4) is 0 Å². The van der Waals surface area contributed by atoms with Crippen molar-refractivity contribution < 1.29 is 19.6 Å². The molecule has 2 aromatic rings. The van der Waals surface area contributed by atoms with E-state index in [0.717, 1.165) is 6.07 Å². The van der Waals surface area contributed by atoms with Gasteiger partial charge in [-0.1, -0.05) is 36.4 Å². The molecule has 0 aliphatic rings. The van der Waals surface area contributed by atoms with Gasteiger partial charge in [0.25, 0.3) is 5.69 Å². The first-order valence-electron chi connectivity index (χ1n) is 5.63. The fraction of sp³-hybridized carbons (Fsp3) is 0. The summed E-state index contributed by atoms with van der Waals surface area (Å²) < 4.78 is 0. The standard InChI is InChI=1S/C14H9NO5/c16-13(9-5-2-1-3-6-9)10-7-4-8-11(15(19)20)12(10)14(17)18/h1-8H,(H,17,18). The van der Waals surface area contributed by atoms with Gasteiger partial charge < -0.3 is 5.11 Å². The zero-order valence-corrected chi connectivity index (χ0v) is 10.1. The van der Waals surface area contributed by atoms with Crippen molar-refractivity contribution in [2.45, 2.75) is 0 Å². The predicted molar refractivity (Wildman–Crippen MR) is 69.9 cm³/mol. The van der Waals surface area contributed by atoms with Crippen LogP contribution in [0.25, 0.3) is 0 Å². The lowest BCUT2D eigenvalue weighted by Gasteiger charge is -2.05. The van der Waals surface area contributed by atoms with Crippen molar-refractivity contribution in [3.05, 3.63) is 75.3 Å². The van der Waals surface area contributed by atoms with Crippen LogP contribution in [0, 0.1) is 10.1 Å². The molecule has 2 rings (SSSR count). The minimum atomic E-state index is -1.50. The molecule has 0 fully saturated rings. The van der Waals surface area contributed by atoms with Gasteiger partial charge in [-0.25, -0.2) is 4.79 Å². The van der Waals surface area contributed by atoms with Crippen molar-refractivity contribution in [2.75, 3.05) is 0 Å². The summed E-state index contributed by atoms with van der Waals surface area (Å²) in [7, 11) is 0. The Kier molecular flexibility index (Phi) is 3.56. The van der Waals surface area contributed by atoms with Crippen LogP contribution in [0.4, 0.5) is 5.69 Å². The van der Waals surface area contributed by atoms with E-state index in [9.17, 15) is 19.7 Å². The lowest BCUT2D eigenvalue weighted by molar-refractivity contribution is -0.385. The quantitative estimate of drug-likeness (QED) is 0.523. The number of nitrogens with zero attached hydrogens (tertiary/aromatic N) is 1. The Morgan fingerprint density at radius 3 is 2.20 bits per heavy atom. The van der Waals surface area contributed by atoms with Crippen molar-refractivity contribution in [3.63, 3.8) is 0 Å². The summed E-state index contributed by atoms with van der Waals surface area (Å²) in [6, 6.07) is 11.6. The first kappa shape index (κ1) is 13.4. The molecule has 0 bridgehead atoms. The van der Waals surface area contributed by atoms with Gasteiger partial charge in [0.05, 0.1) is 4.92 Å². The van der Waals surface area contributed by atoms with E-state index in [1.807, 2.05) is 0 Å². The van der Waals surface area contributed by atoms with Gasteiger partial charge in [0.2, 0.25) is 0 Å². The Morgan fingerprint density at radius 2 is 1.65 bits per heavy atom. The first-order valence-corrected chi connectivity index (χ1v) is 5.63. The van der Waals surface area contributed by atoms with Crippen LogP contribution in [-0.2, 0) is 0 Å². The van der Waals surface area contributed by atoms with Crippen LogP contribution < -0.4 is 0 Å². The fourth-order valence-corrected chi connectivity index (χ4v) is 1.85. The molecule has 20 heavy (non-hydrogen) atoms. The van der Waals surface area contributed by atoms with Crippen LogP contribution in [-0.4, -0.2) is 21.8 Å². The van der Waals surface area contributed by atoms with Gasteiger partial charge in [-0.2, -0.15) is 0 Å². The van der Waals surface area contributed by atoms with E-state index in [1.54, 1.807) is 18.2 Å². The number of carbonyl (C=O) groups excluding carboxylic acids is 1. The Hall–Kier alpha value is -3.02. The molecular formula is C14H9NO5. The van der Waals surface area contributed by atoms with E-state index in [1.165, 1.54) is 24.3 Å². The smallest absolute Gasteiger partial charge is 0.343 e. The monoisotopic (exact) mass is 271 g/mol. The molecule has 0 aliphatic carbocycles. The molecule has 100 valence electrons. The molecule has 0 heterocycles. The summed E-state index contributed by atoms with van der Waals surface area (Å²) in [5, 5.41) is 20.0. The lowest BCUT2D eigenvalue weighted by atomic mass is 9.97. The molecule has 0 aromatic heterocycles. The molecule has 6 nitrogen and oxygen atoms in total. The molecule has 1 N–H and O–H groups in total. The highest BCUT2D eigenvalue weighted by atomic mass is 16.6. The molecule has 6 heteroatoms. The van der Waals surface area contributed by atoms with E-state index in [4.69, 9.17) is 5.11 Å². The Morgan fingerprint density at radius 1 is 1.00 bits per heavy atom. The van der Waals surface area contributed by atoms with Crippen molar-refractivity contribution in [1.82, 2.24) is 0 Å². The third-order valence-electron chi connectivity index (χ3n) is 2.73. The molecule has 0 aliphatic heterocycles. The van der Waals surface area contributed by atoms with E-state index in [0.29, 0.717) is 0 Å². The Labute approximate surface area is 113 Å². The van der Waals surface area contributed by atoms with Crippen LogP contribution in [0.3, 0.4) is 0 Å². The number of carbonyl (C=O) groups is 2. The minimum Gasteiger partial charge on any atom is -0.477 e. The highest BCUT2D eigenvalue weighted by Gasteiger charge is 2.27. The summed E-state index contributed by atoms with van der Waals surface area (Å²) in [4.78, 5) is 33.5. The number of ketones is 1. The number of nitro groups is 1. The highest BCUT2D eigenvalue weighted by Crippen LogP contribution is 2.24. The molecule has 0 saturated heterocycles. The number of hydrogen-bond donors (Lipinski definition) is 1. The predicted octanol–water partition coefficient (Wildman–Crippen LogP) is 2.52. The van der Waals surface area contributed by atoms with Crippen LogP contribution >= 0.6 is 0 Å². The van der Waals surface area contributed by atoms with E-state index in [-0.39, 0.29) is 11.1 Å². The maximum atomic E-state index is 12.3. The largest absolute Gasteiger partial charge is 0.477 e. The van der Waals surface area contributed by atoms with Crippen molar-refractivity contribution >= 4 is 17.4 Å². The normalized spacial score (nSPS) is 10.0. The van der Waals surface area contributed by atoms with Gasteiger partial charge in [-0.3, -0.25) is 14.9 Å². The number of hydrogen-bond acceptors (Lipinski definition) is 4. The maximum absolute atomic E-state index is 12.3. The van der Waals surface area contributed by atoms with Gasteiger partial charge >= 0.3 is 5.97 Å². The van der Waals surface area contributed by atoms with Crippen LogP contribution in [0.1, 0.15) is 26.3 Å². The number of carboxylic acid groups (broad SMARTS) is 1. The molecule has 2 aromatic carbocycles. The molecular weight excluding hydrogens is 262 g/mol. The zero-order valence-electron chi connectivity index (χ0n) is 10.1. The second kappa shape index (κ2) is 5.31. The molecule has 0 atom stereocenters. The van der Waals surface area contributed by atoms with E-state index >= 15 is 0 Å². The maximum Gasteiger partial charge on any atom is 0.343 e. The van der Waals surface area contributed by atoms with Gasteiger partial charge in [-0.05, 0) is 6.07 Å². The SMILES string of the molecule is O=C(c1ccccc1)c1cccc([N+](=O)[O-])c1C(=O)O. The zero-order chi connectivity index (χ0) is 14.7. The number of rotatable bonds is 4. The molecule has 0 amide bonds. The van der Waals surface area contributed by atoms with Crippen LogP contribution in [0.2, 0.25) is 0 Å².